The molecule has 0 saturated heterocycles. The molecule has 92 valence electrons. The summed E-state index contributed by atoms with van der Waals surface area (Å²) in [4.78, 5) is 0. The third-order valence-corrected chi connectivity index (χ3v) is 4.28. The number of nitrogens with one attached hydrogen (secondary N) is 1. The summed E-state index contributed by atoms with van der Waals surface area (Å²) < 4.78 is 35.7. The molecule has 3 nitrogen and oxygen atoms in total. The van der Waals surface area contributed by atoms with Gasteiger partial charge in [-0.25, -0.2) is 12.8 Å². The van der Waals surface area contributed by atoms with Crippen LogP contribution in [0.25, 0.3) is 0 Å². The maximum atomic E-state index is 13.4. The lowest BCUT2D eigenvalue weighted by molar-refractivity contribution is 0.568. The monoisotopic (exact) mass is 275 g/mol. The van der Waals surface area contributed by atoms with Crippen LogP contribution in [0.5, 0.6) is 0 Å². The van der Waals surface area contributed by atoms with Crippen molar-refractivity contribution in [3.8, 4) is 0 Å². The van der Waals surface area contributed by atoms with E-state index < -0.39 is 15.7 Å². The van der Waals surface area contributed by atoms with Gasteiger partial charge < -0.3 is 5.32 Å². The maximum absolute atomic E-state index is 13.4. The van der Waals surface area contributed by atoms with E-state index in [0.717, 1.165) is 0 Å². The fraction of sp³-hybridized carbons (Fsp3) is 0.273. The first-order valence-electron chi connectivity index (χ1n) is 5.05. The molecule has 1 N–H and O–H groups in total. The Bertz CT molecular complexity index is 536. The molecular formula is C11H11ClFNO2S. The Morgan fingerprint density at radius 3 is 2.82 bits per heavy atom. The summed E-state index contributed by atoms with van der Waals surface area (Å²) in [5.41, 5.74) is 0.354. The molecule has 1 atom stereocenters. The zero-order chi connectivity index (χ0) is 12.5. The Morgan fingerprint density at radius 2 is 2.24 bits per heavy atom. The van der Waals surface area contributed by atoms with Crippen LogP contribution in [0.1, 0.15) is 5.56 Å². The van der Waals surface area contributed by atoms with Crippen molar-refractivity contribution in [2.24, 2.45) is 0 Å². The SMILES string of the molecule is O=S1(=O)C=CC(NCc2c(F)cccc2Cl)C1. The van der Waals surface area contributed by atoms with Gasteiger partial charge in [-0.2, -0.15) is 0 Å². The van der Waals surface area contributed by atoms with Gasteiger partial charge in [-0.15, -0.1) is 0 Å². The second-order valence-corrected chi connectivity index (χ2v) is 6.18. The Morgan fingerprint density at radius 1 is 1.47 bits per heavy atom. The van der Waals surface area contributed by atoms with Crippen LogP contribution in [0, 0.1) is 5.82 Å². The second kappa shape index (κ2) is 4.76. The minimum absolute atomic E-state index is 0.0130. The van der Waals surface area contributed by atoms with Crippen molar-refractivity contribution in [3.63, 3.8) is 0 Å². The van der Waals surface area contributed by atoms with E-state index in [0.29, 0.717) is 10.6 Å². The van der Waals surface area contributed by atoms with Crippen molar-refractivity contribution in [2.75, 3.05) is 5.75 Å². The summed E-state index contributed by atoms with van der Waals surface area (Å²) in [5.74, 6) is -0.381. The van der Waals surface area contributed by atoms with Crippen LogP contribution < -0.4 is 5.32 Å². The van der Waals surface area contributed by atoms with Crippen LogP contribution in [0.2, 0.25) is 5.02 Å². The fourth-order valence-electron chi connectivity index (χ4n) is 1.64. The van der Waals surface area contributed by atoms with Gasteiger partial charge in [0.25, 0.3) is 0 Å². The van der Waals surface area contributed by atoms with E-state index in [9.17, 15) is 12.8 Å². The average Bonchev–Trinajstić information content (AvgIpc) is 2.57. The molecule has 0 aliphatic carbocycles. The van der Waals surface area contributed by atoms with Crippen LogP contribution in [0.3, 0.4) is 0 Å². The molecule has 0 saturated carbocycles. The Kier molecular flexibility index (Phi) is 3.51. The van der Waals surface area contributed by atoms with Crippen molar-refractivity contribution in [1.29, 1.82) is 0 Å². The van der Waals surface area contributed by atoms with E-state index in [1.165, 1.54) is 17.5 Å². The average molecular weight is 276 g/mol. The zero-order valence-electron chi connectivity index (χ0n) is 8.86. The molecule has 0 aromatic heterocycles. The molecule has 1 aromatic rings. The largest absolute Gasteiger partial charge is 0.305 e. The first kappa shape index (κ1) is 12.5. The number of benzene rings is 1. The second-order valence-electron chi connectivity index (χ2n) is 3.85. The molecule has 1 aliphatic rings. The highest BCUT2D eigenvalue weighted by Gasteiger charge is 2.21. The third kappa shape index (κ3) is 3.06. The van der Waals surface area contributed by atoms with Gasteiger partial charge in [-0.05, 0) is 12.1 Å². The zero-order valence-corrected chi connectivity index (χ0v) is 10.4. The first-order valence-corrected chi connectivity index (χ1v) is 7.14. The van der Waals surface area contributed by atoms with Crippen LogP contribution >= 0.6 is 11.6 Å². The molecule has 1 aliphatic heterocycles. The highest BCUT2D eigenvalue weighted by molar-refractivity contribution is 7.94. The van der Waals surface area contributed by atoms with E-state index in [1.807, 2.05) is 0 Å². The third-order valence-electron chi connectivity index (χ3n) is 2.53. The Hall–Kier alpha value is -0.910. The Labute approximate surface area is 104 Å². The molecular weight excluding hydrogens is 265 g/mol. The summed E-state index contributed by atoms with van der Waals surface area (Å²) in [6.45, 7) is 0.204. The Balaban J connectivity index is 2.02. The molecule has 0 spiro atoms. The van der Waals surface area contributed by atoms with Crippen molar-refractivity contribution in [1.82, 2.24) is 5.32 Å². The molecule has 2 rings (SSSR count). The number of halogens is 2. The summed E-state index contributed by atoms with van der Waals surface area (Å²) in [6, 6.07) is 4.17. The van der Waals surface area contributed by atoms with Gasteiger partial charge in [0.2, 0.25) is 0 Å². The van der Waals surface area contributed by atoms with Gasteiger partial charge in [-0.3, -0.25) is 0 Å². The number of rotatable bonds is 3. The van der Waals surface area contributed by atoms with Gasteiger partial charge in [-0.1, -0.05) is 23.7 Å². The van der Waals surface area contributed by atoms with Gasteiger partial charge in [0, 0.05) is 28.6 Å². The quantitative estimate of drug-likeness (QED) is 0.916. The number of hydrogen-bond acceptors (Lipinski definition) is 3. The topological polar surface area (TPSA) is 46.2 Å². The van der Waals surface area contributed by atoms with E-state index >= 15 is 0 Å². The van der Waals surface area contributed by atoms with Crippen molar-refractivity contribution >= 4 is 21.4 Å². The molecule has 0 amide bonds. The minimum Gasteiger partial charge on any atom is -0.305 e. The van der Waals surface area contributed by atoms with E-state index in [2.05, 4.69) is 5.32 Å². The van der Waals surface area contributed by atoms with Gasteiger partial charge in [0.1, 0.15) is 5.82 Å². The molecule has 1 aromatic carbocycles. The summed E-state index contributed by atoms with van der Waals surface area (Å²) in [7, 11) is -3.09. The van der Waals surface area contributed by atoms with E-state index in [-0.39, 0.29) is 18.3 Å². The first-order chi connectivity index (χ1) is 7.98. The lowest BCUT2D eigenvalue weighted by atomic mass is 10.2. The van der Waals surface area contributed by atoms with Crippen LogP contribution in [0.4, 0.5) is 4.39 Å². The van der Waals surface area contributed by atoms with Crippen molar-refractivity contribution < 1.29 is 12.8 Å². The standard InChI is InChI=1S/C11H11ClFNO2S/c12-10-2-1-3-11(13)9(10)6-14-8-4-5-17(15,16)7-8/h1-5,8,14H,6-7H2. The fourth-order valence-corrected chi connectivity index (χ4v) is 3.14. The minimum atomic E-state index is -3.09. The number of sulfone groups is 1. The molecule has 0 radical (unpaired) electrons. The van der Waals surface area contributed by atoms with E-state index in [4.69, 9.17) is 11.6 Å². The molecule has 1 heterocycles. The summed E-state index contributed by atoms with van der Waals surface area (Å²) in [5, 5.41) is 4.45. The normalized spacial score (nSPS) is 21.9. The van der Waals surface area contributed by atoms with Crippen LogP contribution in [0.15, 0.2) is 29.7 Å². The number of hydrogen-bond donors (Lipinski definition) is 1. The van der Waals surface area contributed by atoms with Crippen LogP contribution in [-0.4, -0.2) is 20.2 Å². The lowest BCUT2D eigenvalue weighted by Gasteiger charge is -2.11. The predicted molar refractivity (Wildman–Crippen MR) is 65.0 cm³/mol. The van der Waals surface area contributed by atoms with E-state index in [1.54, 1.807) is 12.1 Å². The highest BCUT2D eigenvalue weighted by atomic mass is 35.5. The maximum Gasteiger partial charge on any atom is 0.173 e. The molecule has 0 bridgehead atoms. The molecule has 17 heavy (non-hydrogen) atoms. The van der Waals surface area contributed by atoms with Crippen molar-refractivity contribution in [2.45, 2.75) is 12.6 Å². The predicted octanol–water partition coefficient (Wildman–Crippen LogP) is 1.88. The molecule has 0 fully saturated rings. The van der Waals surface area contributed by atoms with Gasteiger partial charge in [0.15, 0.2) is 9.84 Å². The lowest BCUT2D eigenvalue weighted by Crippen LogP contribution is -2.29. The van der Waals surface area contributed by atoms with Crippen LogP contribution in [-0.2, 0) is 16.4 Å². The highest BCUT2D eigenvalue weighted by Crippen LogP contribution is 2.19. The smallest absolute Gasteiger partial charge is 0.173 e. The summed E-state index contributed by atoms with van der Waals surface area (Å²) in [6.07, 6.45) is 1.56. The molecule has 1 unspecified atom stereocenters. The van der Waals surface area contributed by atoms with Gasteiger partial charge in [0.05, 0.1) is 5.75 Å². The summed E-state index contributed by atoms with van der Waals surface area (Å²) >= 11 is 5.85. The molecule has 6 heteroatoms. The van der Waals surface area contributed by atoms with Crippen molar-refractivity contribution in [3.05, 3.63) is 46.1 Å². The van der Waals surface area contributed by atoms with Gasteiger partial charge >= 0.3 is 0 Å².